The molecular weight excluding hydrogens is 520 g/mol. The molecule has 0 fully saturated rings. The summed E-state index contributed by atoms with van der Waals surface area (Å²) in [7, 11) is -5.77. The summed E-state index contributed by atoms with van der Waals surface area (Å²) in [5.74, 6) is -0.768. The van der Waals surface area contributed by atoms with Crippen LogP contribution >= 0.6 is 23.2 Å². The van der Waals surface area contributed by atoms with E-state index < -0.39 is 27.1 Å². The molecule has 0 radical (unpaired) electrons. The monoisotopic (exact) mass is 536 g/mol. The number of benzene rings is 4. The van der Waals surface area contributed by atoms with Crippen LogP contribution in [0.5, 0.6) is 23.0 Å². The highest BCUT2D eigenvalue weighted by atomic mass is 35.5. The number of aromatic hydroxyl groups is 3. The Morgan fingerprint density at radius 3 is 1.74 bits per heavy atom. The average Bonchev–Trinajstić information content (AvgIpc) is 2.73. The third-order valence-electron chi connectivity index (χ3n) is 4.12. The number of halogens is 5. The third-order valence-corrected chi connectivity index (χ3v) is 5.08. The zero-order valence-corrected chi connectivity index (χ0v) is 19.3. The molecule has 0 aliphatic carbocycles. The van der Waals surface area contributed by atoms with Gasteiger partial charge < -0.3 is 19.5 Å². The van der Waals surface area contributed by atoms with Crippen molar-refractivity contribution in [3.63, 3.8) is 0 Å². The molecule has 0 aliphatic heterocycles. The van der Waals surface area contributed by atoms with Gasteiger partial charge in [0, 0.05) is 22.9 Å². The predicted octanol–water partition coefficient (Wildman–Crippen LogP) is 6.45. The van der Waals surface area contributed by atoms with E-state index in [9.17, 15) is 31.8 Å². The van der Waals surface area contributed by atoms with Crippen molar-refractivity contribution in [2.45, 2.75) is 5.51 Å². The fraction of sp³-hybridized carbons (Fsp3) is 0.0909. The second-order valence-corrected chi connectivity index (χ2v) is 8.78. The van der Waals surface area contributed by atoms with Crippen molar-refractivity contribution in [3.05, 3.63) is 72.8 Å². The molecule has 0 aromatic heterocycles. The van der Waals surface area contributed by atoms with E-state index in [0.717, 1.165) is 16.8 Å². The first-order valence-electron chi connectivity index (χ1n) is 9.14. The number of hydrogen-bond donors (Lipinski definition) is 3. The maximum absolute atomic E-state index is 12.2. The fourth-order valence-corrected chi connectivity index (χ4v) is 3.24. The van der Waals surface area contributed by atoms with Gasteiger partial charge in [0.2, 0.25) is 0 Å². The minimum atomic E-state index is -5.77. The van der Waals surface area contributed by atoms with E-state index >= 15 is 0 Å². The molecule has 4 rings (SSSR count). The molecule has 0 bridgehead atoms. The Balaban J connectivity index is 0.000000232. The average molecular weight is 537 g/mol. The molecule has 0 amide bonds. The number of rotatable bonds is 2. The summed E-state index contributed by atoms with van der Waals surface area (Å²) in [6, 6.07) is 18.4. The highest BCUT2D eigenvalue weighted by Crippen LogP contribution is 2.34. The maximum atomic E-state index is 12.2. The van der Waals surface area contributed by atoms with Gasteiger partial charge in [0.05, 0.1) is 5.34 Å². The molecule has 0 heterocycles. The van der Waals surface area contributed by atoms with E-state index in [1.165, 1.54) is 30.3 Å². The highest BCUT2D eigenvalue weighted by Gasteiger charge is 2.48. The summed E-state index contributed by atoms with van der Waals surface area (Å²) in [5, 5.41) is 30.2. The molecule has 4 aromatic carbocycles. The van der Waals surface area contributed by atoms with E-state index in [-0.39, 0.29) is 22.2 Å². The summed E-state index contributed by atoms with van der Waals surface area (Å²) >= 11 is 9.53. The van der Waals surface area contributed by atoms with Crippen LogP contribution in [0.2, 0.25) is 0 Å². The lowest BCUT2D eigenvalue weighted by Crippen LogP contribution is -2.28. The van der Waals surface area contributed by atoms with Crippen LogP contribution in [0.3, 0.4) is 0 Å². The molecule has 12 heteroatoms. The van der Waals surface area contributed by atoms with Crippen LogP contribution in [0.25, 0.3) is 21.5 Å². The summed E-state index contributed by atoms with van der Waals surface area (Å²) in [6.07, 6.45) is 0. The fourth-order valence-electron chi connectivity index (χ4n) is 2.77. The molecule has 34 heavy (non-hydrogen) atoms. The number of fused-ring (bicyclic) bond motifs is 2. The first-order valence-corrected chi connectivity index (χ1v) is 11.6. The quantitative estimate of drug-likeness (QED) is 0.154. The molecule has 0 atom stereocenters. The first-order chi connectivity index (χ1) is 15.9. The Morgan fingerprint density at radius 2 is 1.21 bits per heavy atom. The van der Waals surface area contributed by atoms with Gasteiger partial charge in [-0.1, -0.05) is 48.5 Å². The molecule has 0 spiro atoms. The Kier molecular flexibility index (Phi) is 9.08. The summed E-state index contributed by atoms with van der Waals surface area (Å²) in [6.45, 7) is 0. The second-order valence-electron chi connectivity index (χ2n) is 6.44. The van der Waals surface area contributed by atoms with Gasteiger partial charge in [-0.2, -0.15) is 21.6 Å². The Labute approximate surface area is 202 Å². The molecular formula is C22H17Cl2F3O6S. The van der Waals surface area contributed by atoms with E-state index in [1.807, 2.05) is 24.3 Å². The number of hydrogen-bond acceptors (Lipinski definition) is 6. The van der Waals surface area contributed by atoms with Crippen molar-refractivity contribution in [1.82, 2.24) is 0 Å². The number of alkyl halides is 5. The van der Waals surface area contributed by atoms with E-state index in [0.29, 0.717) is 5.39 Å². The van der Waals surface area contributed by atoms with Gasteiger partial charge in [0.25, 0.3) is 0 Å². The molecule has 3 N–H and O–H groups in total. The standard InChI is InChI=1S/C11H7F3O4S.C10H8O2.CH2Cl2/c12-11(13,14)19(16,17)18-10-6-8(15)5-7-3-1-2-4-9(7)10;11-8-5-7-3-1-2-4-9(7)10(12)6-8;2-1-3/h1-6,15H;1-6,11-12H;1H2. The molecule has 0 saturated carbocycles. The van der Waals surface area contributed by atoms with Crippen molar-refractivity contribution in [1.29, 1.82) is 0 Å². The molecule has 6 nitrogen and oxygen atoms in total. The van der Waals surface area contributed by atoms with Crippen molar-refractivity contribution in [2.75, 3.05) is 5.34 Å². The lowest BCUT2D eigenvalue weighted by atomic mass is 10.1. The van der Waals surface area contributed by atoms with Gasteiger partial charge in [-0.05, 0) is 22.9 Å². The smallest absolute Gasteiger partial charge is 0.508 e. The summed E-state index contributed by atoms with van der Waals surface area (Å²) in [5.41, 5.74) is -5.53. The van der Waals surface area contributed by atoms with Gasteiger partial charge in [0.1, 0.15) is 17.2 Å². The van der Waals surface area contributed by atoms with Gasteiger partial charge in [-0.3, -0.25) is 0 Å². The van der Waals surface area contributed by atoms with E-state index in [1.54, 1.807) is 12.1 Å². The highest BCUT2D eigenvalue weighted by molar-refractivity contribution is 7.88. The van der Waals surface area contributed by atoms with Crippen LogP contribution < -0.4 is 4.18 Å². The van der Waals surface area contributed by atoms with Crippen LogP contribution in [0, 0.1) is 0 Å². The molecule has 182 valence electrons. The van der Waals surface area contributed by atoms with Crippen LogP contribution in [0.15, 0.2) is 72.8 Å². The first kappa shape index (κ1) is 27.2. The molecule has 4 aromatic rings. The Bertz CT molecular complexity index is 1380. The Morgan fingerprint density at radius 1 is 0.765 bits per heavy atom. The minimum Gasteiger partial charge on any atom is -0.508 e. The van der Waals surface area contributed by atoms with Crippen molar-refractivity contribution in [2.24, 2.45) is 0 Å². The number of phenols is 3. The van der Waals surface area contributed by atoms with E-state index in [2.05, 4.69) is 4.18 Å². The zero-order chi connectivity index (χ0) is 25.5. The molecule has 0 unspecified atom stereocenters. The largest absolute Gasteiger partial charge is 0.534 e. The summed E-state index contributed by atoms with van der Waals surface area (Å²) in [4.78, 5) is 0. The third kappa shape index (κ3) is 6.96. The van der Waals surface area contributed by atoms with Crippen LogP contribution in [0.4, 0.5) is 13.2 Å². The van der Waals surface area contributed by atoms with Crippen molar-refractivity contribution < 1.29 is 41.1 Å². The van der Waals surface area contributed by atoms with Gasteiger partial charge in [-0.25, -0.2) is 0 Å². The summed E-state index contributed by atoms with van der Waals surface area (Å²) < 4.78 is 62.7. The molecule has 0 aliphatic rings. The van der Waals surface area contributed by atoms with Crippen molar-refractivity contribution in [3.8, 4) is 23.0 Å². The maximum Gasteiger partial charge on any atom is 0.534 e. The van der Waals surface area contributed by atoms with Crippen LogP contribution in [-0.2, 0) is 10.1 Å². The predicted molar refractivity (Wildman–Crippen MR) is 125 cm³/mol. The second kappa shape index (κ2) is 11.4. The van der Waals surface area contributed by atoms with Gasteiger partial charge >= 0.3 is 15.6 Å². The SMILES string of the molecule is ClCCl.O=S(=O)(Oc1cc(O)cc2ccccc12)C(F)(F)F.Oc1cc(O)c2ccccc2c1. The van der Waals surface area contributed by atoms with Gasteiger partial charge in [-0.15, -0.1) is 23.2 Å². The van der Waals surface area contributed by atoms with E-state index in [4.69, 9.17) is 28.3 Å². The lowest BCUT2D eigenvalue weighted by molar-refractivity contribution is -0.0499. The van der Waals surface area contributed by atoms with Crippen LogP contribution in [-0.4, -0.2) is 34.6 Å². The number of phenolic OH excluding ortho intramolecular Hbond substituents is 3. The van der Waals surface area contributed by atoms with Crippen LogP contribution in [0.1, 0.15) is 0 Å². The normalized spacial score (nSPS) is 11.2. The van der Waals surface area contributed by atoms with Gasteiger partial charge in [0.15, 0.2) is 5.75 Å². The lowest BCUT2D eigenvalue weighted by Gasteiger charge is -2.11. The zero-order valence-electron chi connectivity index (χ0n) is 17.0. The minimum absolute atomic E-state index is 0.0891. The topological polar surface area (TPSA) is 104 Å². The Hall–Kier alpha value is -3.08. The van der Waals surface area contributed by atoms with Crippen molar-refractivity contribution >= 4 is 54.9 Å². The molecule has 0 saturated heterocycles.